The van der Waals surface area contributed by atoms with E-state index in [1.54, 1.807) is 6.33 Å². The van der Waals surface area contributed by atoms with E-state index in [2.05, 4.69) is 21.9 Å². The van der Waals surface area contributed by atoms with Gasteiger partial charge in [-0.3, -0.25) is 4.90 Å². The number of hydrogen-bond donors (Lipinski definition) is 1. The maximum atomic E-state index is 5.71. The highest BCUT2D eigenvalue weighted by molar-refractivity contribution is 7.80. The Kier molecular flexibility index (Phi) is 4.66. The van der Waals surface area contributed by atoms with Gasteiger partial charge < -0.3 is 5.73 Å². The molecule has 0 aliphatic heterocycles. The number of hydrogen-bond acceptors (Lipinski definition) is 4. The fourth-order valence-electron chi connectivity index (χ4n) is 2.64. The highest BCUT2D eigenvalue weighted by atomic mass is 32.1. The van der Waals surface area contributed by atoms with Crippen molar-refractivity contribution in [2.45, 2.75) is 51.7 Å². The zero-order valence-corrected chi connectivity index (χ0v) is 11.7. The highest BCUT2D eigenvalue weighted by Crippen LogP contribution is 2.24. The maximum absolute atomic E-state index is 5.71. The van der Waals surface area contributed by atoms with E-state index >= 15 is 0 Å². The minimum absolute atomic E-state index is 0.560. The molecule has 0 amide bonds. The summed E-state index contributed by atoms with van der Waals surface area (Å²) in [5.41, 5.74) is 5.71. The van der Waals surface area contributed by atoms with E-state index in [4.69, 9.17) is 18.0 Å². The second kappa shape index (κ2) is 6.24. The lowest BCUT2D eigenvalue weighted by Crippen LogP contribution is -2.39. The number of aryl methyl sites for hydroxylation is 1. The summed E-state index contributed by atoms with van der Waals surface area (Å²) in [6.07, 6.45) is 6.70. The molecule has 1 aliphatic rings. The first-order chi connectivity index (χ1) is 8.70. The summed E-state index contributed by atoms with van der Waals surface area (Å²) < 4.78 is 1.93. The van der Waals surface area contributed by atoms with Crippen LogP contribution in [-0.2, 0) is 13.1 Å². The van der Waals surface area contributed by atoms with Crippen molar-refractivity contribution >= 4 is 17.2 Å². The third-order valence-corrected chi connectivity index (χ3v) is 3.67. The van der Waals surface area contributed by atoms with Gasteiger partial charge in [-0.15, -0.1) is 0 Å². The molecule has 6 heteroatoms. The van der Waals surface area contributed by atoms with Crippen LogP contribution in [0.5, 0.6) is 0 Å². The summed E-state index contributed by atoms with van der Waals surface area (Å²) in [6, 6.07) is 0.591. The molecule has 0 aromatic carbocycles. The normalized spacial score (nSPS) is 16.6. The summed E-state index contributed by atoms with van der Waals surface area (Å²) in [4.78, 5) is 7.24. The van der Waals surface area contributed by atoms with Gasteiger partial charge in [0.2, 0.25) is 0 Å². The number of aromatic nitrogens is 3. The third kappa shape index (κ3) is 3.26. The predicted octanol–water partition coefficient (Wildman–Crippen LogP) is 1.33. The first-order valence-corrected chi connectivity index (χ1v) is 7.00. The van der Waals surface area contributed by atoms with Crippen LogP contribution in [0.15, 0.2) is 6.33 Å². The lowest BCUT2D eigenvalue weighted by atomic mass is 10.2. The van der Waals surface area contributed by atoms with Gasteiger partial charge >= 0.3 is 0 Å². The molecule has 5 nitrogen and oxygen atoms in total. The molecule has 1 aliphatic carbocycles. The van der Waals surface area contributed by atoms with E-state index < -0.39 is 0 Å². The van der Waals surface area contributed by atoms with Crippen molar-refractivity contribution in [2.24, 2.45) is 5.73 Å². The summed E-state index contributed by atoms with van der Waals surface area (Å²) in [5, 5.41) is 4.21. The predicted molar refractivity (Wildman–Crippen MR) is 75.1 cm³/mol. The lowest BCUT2D eigenvalue weighted by molar-refractivity contribution is 0.210. The van der Waals surface area contributed by atoms with Crippen LogP contribution in [0.25, 0.3) is 0 Å². The van der Waals surface area contributed by atoms with Crippen LogP contribution in [0.2, 0.25) is 0 Å². The van der Waals surface area contributed by atoms with Crippen molar-refractivity contribution < 1.29 is 0 Å². The van der Waals surface area contributed by atoms with Crippen LogP contribution in [0.3, 0.4) is 0 Å². The highest BCUT2D eigenvalue weighted by Gasteiger charge is 2.24. The number of nitrogens with two attached hydrogens (primary N) is 1. The Hall–Kier alpha value is -1.01. The van der Waals surface area contributed by atoms with E-state index in [0.29, 0.717) is 17.6 Å². The van der Waals surface area contributed by atoms with E-state index in [1.807, 2.05) is 4.68 Å². The van der Waals surface area contributed by atoms with Crippen molar-refractivity contribution in [3.05, 3.63) is 12.2 Å². The molecule has 1 saturated carbocycles. The van der Waals surface area contributed by atoms with Crippen molar-refractivity contribution in [3.63, 3.8) is 0 Å². The molecule has 0 saturated heterocycles. The number of rotatable bonds is 6. The van der Waals surface area contributed by atoms with E-state index in [-0.39, 0.29) is 0 Å². The van der Waals surface area contributed by atoms with Gasteiger partial charge in [0.1, 0.15) is 12.2 Å². The molecular weight excluding hydrogens is 246 g/mol. The van der Waals surface area contributed by atoms with Gasteiger partial charge in [-0.05, 0) is 19.8 Å². The quantitative estimate of drug-likeness (QED) is 0.788. The monoisotopic (exact) mass is 267 g/mol. The SMILES string of the molecule is CCn1ncnc1CN(CC(N)=S)C1CCCC1. The summed E-state index contributed by atoms with van der Waals surface area (Å²) in [7, 11) is 0. The van der Waals surface area contributed by atoms with Gasteiger partial charge in [-0.25, -0.2) is 9.67 Å². The van der Waals surface area contributed by atoms with E-state index in [1.165, 1.54) is 25.7 Å². The molecule has 0 radical (unpaired) electrons. The Balaban J connectivity index is 2.06. The first kappa shape index (κ1) is 13.4. The average Bonchev–Trinajstić information content (AvgIpc) is 2.98. The molecule has 1 aromatic heterocycles. The Morgan fingerprint density at radius 2 is 2.28 bits per heavy atom. The van der Waals surface area contributed by atoms with Crippen LogP contribution in [-0.4, -0.2) is 37.2 Å². The second-order valence-electron chi connectivity index (χ2n) is 4.80. The number of nitrogens with zero attached hydrogens (tertiary/aromatic N) is 4. The fraction of sp³-hybridized carbons (Fsp3) is 0.750. The fourth-order valence-corrected chi connectivity index (χ4v) is 2.81. The Bertz CT molecular complexity index is 397. The minimum Gasteiger partial charge on any atom is -0.392 e. The molecule has 1 heterocycles. The molecule has 18 heavy (non-hydrogen) atoms. The minimum atomic E-state index is 0.560. The average molecular weight is 267 g/mol. The van der Waals surface area contributed by atoms with Gasteiger partial charge in [-0.2, -0.15) is 5.10 Å². The zero-order chi connectivity index (χ0) is 13.0. The molecule has 0 atom stereocenters. The van der Waals surface area contributed by atoms with Crippen molar-refractivity contribution in [1.29, 1.82) is 0 Å². The van der Waals surface area contributed by atoms with E-state index in [9.17, 15) is 0 Å². The van der Waals surface area contributed by atoms with Gasteiger partial charge in [0.15, 0.2) is 0 Å². The van der Waals surface area contributed by atoms with Crippen LogP contribution in [0.4, 0.5) is 0 Å². The molecule has 0 bridgehead atoms. The van der Waals surface area contributed by atoms with Gasteiger partial charge in [-0.1, -0.05) is 25.1 Å². The Morgan fingerprint density at radius 3 is 2.89 bits per heavy atom. The topological polar surface area (TPSA) is 60.0 Å². The molecule has 0 spiro atoms. The van der Waals surface area contributed by atoms with Crippen molar-refractivity contribution in [2.75, 3.05) is 6.54 Å². The van der Waals surface area contributed by atoms with Gasteiger partial charge in [0.25, 0.3) is 0 Å². The molecule has 1 aromatic rings. The maximum Gasteiger partial charge on any atom is 0.141 e. The first-order valence-electron chi connectivity index (χ1n) is 6.59. The van der Waals surface area contributed by atoms with Crippen LogP contribution >= 0.6 is 12.2 Å². The largest absolute Gasteiger partial charge is 0.392 e. The third-order valence-electron chi connectivity index (χ3n) is 3.54. The standard InChI is InChI=1S/C12H21N5S/c1-2-17-12(14-9-15-17)8-16(7-11(13)18)10-5-3-4-6-10/h9-10H,2-8H2,1H3,(H2,13,18). The number of thiocarbonyl (C=S) groups is 1. The Morgan fingerprint density at radius 1 is 1.56 bits per heavy atom. The Labute approximate surface area is 113 Å². The smallest absolute Gasteiger partial charge is 0.141 e. The molecule has 100 valence electrons. The molecular formula is C12H21N5S. The van der Waals surface area contributed by atoms with Crippen LogP contribution in [0.1, 0.15) is 38.4 Å². The molecule has 1 fully saturated rings. The molecule has 0 unspecified atom stereocenters. The van der Waals surface area contributed by atoms with E-state index in [0.717, 1.165) is 18.9 Å². The van der Waals surface area contributed by atoms with Gasteiger partial charge in [0, 0.05) is 19.1 Å². The van der Waals surface area contributed by atoms with Gasteiger partial charge in [0.05, 0.1) is 11.5 Å². The van der Waals surface area contributed by atoms with Crippen molar-refractivity contribution in [3.8, 4) is 0 Å². The molecule has 2 rings (SSSR count). The summed E-state index contributed by atoms with van der Waals surface area (Å²) in [5.74, 6) is 1.00. The summed E-state index contributed by atoms with van der Waals surface area (Å²) >= 11 is 5.06. The van der Waals surface area contributed by atoms with Crippen LogP contribution in [0, 0.1) is 0 Å². The van der Waals surface area contributed by atoms with Crippen LogP contribution < -0.4 is 5.73 Å². The lowest BCUT2D eigenvalue weighted by Gasteiger charge is -2.27. The molecule has 2 N–H and O–H groups in total. The summed E-state index contributed by atoms with van der Waals surface area (Å²) in [6.45, 7) is 4.39. The van der Waals surface area contributed by atoms with Crippen molar-refractivity contribution in [1.82, 2.24) is 19.7 Å². The zero-order valence-electron chi connectivity index (χ0n) is 10.9. The second-order valence-corrected chi connectivity index (χ2v) is 5.33.